The Labute approximate surface area is 72.2 Å². The lowest BCUT2D eigenvalue weighted by Crippen LogP contribution is -2.19. The van der Waals surface area contributed by atoms with E-state index in [0.717, 1.165) is 6.42 Å². The van der Waals surface area contributed by atoms with Crippen molar-refractivity contribution >= 4 is 5.69 Å². The largest absolute Gasteiger partial charge is 0.394 e. The molecule has 1 aliphatic heterocycles. The van der Waals surface area contributed by atoms with E-state index in [-0.39, 0.29) is 12.6 Å². The number of aryl methyl sites for hydroxylation is 1. The second-order valence-electron chi connectivity index (χ2n) is 3.34. The quantitative estimate of drug-likeness (QED) is 0.654. The minimum absolute atomic E-state index is 0.216. The first-order valence-electron chi connectivity index (χ1n) is 4.27. The number of aliphatic hydroxyl groups is 1. The van der Waals surface area contributed by atoms with Crippen molar-refractivity contribution in [2.45, 2.75) is 19.4 Å². The number of fused-ring (bicyclic) bond motifs is 1. The molecule has 0 aliphatic carbocycles. The Kier molecular flexibility index (Phi) is 1.77. The zero-order chi connectivity index (χ0) is 8.55. The molecule has 0 fully saturated rings. The van der Waals surface area contributed by atoms with Crippen molar-refractivity contribution in [2.75, 3.05) is 11.9 Å². The average molecular weight is 163 g/mol. The standard InChI is InChI=1S/C10H13NO/c1-7-3-2-4-8-5-9(6-12)11-10(7)8/h2-4,9,11-12H,5-6H2,1H3. The lowest BCUT2D eigenvalue weighted by molar-refractivity contribution is 0.277. The lowest BCUT2D eigenvalue weighted by atomic mass is 10.1. The second-order valence-corrected chi connectivity index (χ2v) is 3.34. The van der Waals surface area contributed by atoms with E-state index in [0.29, 0.717) is 0 Å². The van der Waals surface area contributed by atoms with Crippen LogP contribution in [0.1, 0.15) is 11.1 Å². The predicted octanol–water partition coefficient (Wildman–Crippen LogP) is 1.32. The first kappa shape index (κ1) is 7.62. The zero-order valence-corrected chi connectivity index (χ0v) is 7.17. The van der Waals surface area contributed by atoms with Crippen LogP contribution in [0.15, 0.2) is 18.2 Å². The van der Waals surface area contributed by atoms with E-state index in [1.165, 1.54) is 16.8 Å². The van der Waals surface area contributed by atoms with E-state index >= 15 is 0 Å². The van der Waals surface area contributed by atoms with Gasteiger partial charge < -0.3 is 10.4 Å². The normalized spacial score (nSPS) is 20.3. The summed E-state index contributed by atoms with van der Waals surface area (Å²) in [6, 6.07) is 6.49. The monoisotopic (exact) mass is 163 g/mol. The Morgan fingerprint density at radius 2 is 2.42 bits per heavy atom. The van der Waals surface area contributed by atoms with Crippen LogP contribution < -0.4 is 5.32 Å². The van der Waals surface area contributed by atoms with E-state index in [9.17, 15) is 0 Å². The van der Waals surface area contributed by atoms with Gasteiger partial charge in [-0.3, -0.25) is 0 Å². The summed E-state index contributed by atoms with van der Waals surface area (Å²) in [4.78, 5) is 0. The number of rotatable bonds is 1. The number of hydrogen-bond donors (Lipinski definition) is 2. The van der Waals surface area contributed by atoms with Crippen molar-refractivity contribution in [3.63, 3.8) is 0 Å². The topological polar surface area (TPSA) is 32.3 Å². The van der Waals surface area contributed by atoms with Gasteiger partial charge in [-0.1, -0.05) is 18.2 Å². The summed E-state index contributed by atoms with van der Waals surface area (Å²) < 4.78 is 0. The van der Waals surface area contributed by atoms with Crippen LogP contribution in [0.2, 0.25) is 0 Å². The highest BCUT2D eigenvalue weighted by Gasteiger charge is 2.20. The molecule has 0 amide bonds. The molecule has 1 atom stereocenters. The van der Waals surface area contributed by atoms with Crippen molar-refractivity contribution in [1.82, 2.24) is 0 Å². The zero-order valence-electron chi connectivity index (χ0n) is 7.17. The summed E-state index contributed by atoms with van der Waals surface area (Å²) in [6.07, 6.45) is 0.952. The molecule has 2 heteroatoms. The van der Waals surface area contributed by atoms with Gasteiger partial charge in [-0.05, 0) is 24.5 Å². The fourth-order valence-corrected chi connectivity index (χ4v) is 1.74. The Morgan fingerprint density at radius 3 is 3.08 bits per heavy atom. The summed E-state index contributed by atoms with van der Waals surface area (Å²) in [5.74, 6) is 0. The van der Waals surface area contributed by atoms with Crippen molar-refractivity contribution in [3.8, 4) is 0 Å². The first-order chi connectivity index (χ1) is 5.81. The summed E-state index contributed by atoms with van der Waals surface area (Å²) in [5, 5.41) is 12.3. The number of aliphatic hydroxyl groups excluding tert-OH is 1. The molecule has 1 aromatic carbocycles. The van der Waals surface area contributed by atoms with Gasteiger partial charge in [-0.25, -0.2) is 0 Å². The SMILES string of the molecule is Cc1cccc2c1NC(CO)C2. The van der Waals surface area contributed by atoms with Gasteiger partial charge in [0.2, 0.25) is 0 Å². The molecular weight excluding hydrogens is 150 g/mol. The van der Waals surface area contributed by atoms with Crippen LogP contribution in [0.3, 0.4) is 0 Å². The van der Waals surface area contributed by atoms with Gasteiger partial charge in [0.15, 0.2) is 0 Å². The van der Waals surface area contributed by atoms with E-state index in [2.05, 4.69) is 30.4 Å². The summed E-state index contributed by atoms with van der Waals surface area (Å²) in [7, 11) is 0. The maximum absolute atomic E-state index is 8.97. The second kappa shape index (κ2) is 2.79. The molecule has 1 unspecified atom stereocenters. The lowest BCUT2D eigenvalue weighted by Gasteiger charge is -2.07. The summed E-state index contributed by atoms with van der Waals surface area (Å²) in [5.41, 5.74) is 3.81. The summed E-state index contributed by atoms with van der Waals surface area (Å²) in [6.45, 7) is 2.31. The van der Waals surface area contributed by atoms with Crippen LogP contribution >= 0.6 is 0 Å². The number of hydrogen-bond acceptors (Lipinski definition) is 2. The molecule has 64 valence electrons. The Hall–Kier alpha value is -1.02. The Bertz CT molecular complexity index is 296. The molecule has 2 nitrogen and oxygen atoms in total. The third-order valence-corrected chi connectivity index (χ3v) is 2.39. The van der Waals surface area contributed by atoms with Crippen molar-refractivity contribution in [1.29, 1.82) is 0 Å². The van der Waals surface area contributed by atoms with Crippen LogP contribution in [0.5, 0.6) is 0 Å². The number of anilines is 1. The summed E-state index contributed by atoms with van der Waals surface area (Å²) >= 11 is 0. The van der Waals surface area contributed by atoms with Crippen molar-refractivity contribution in [3.05, 3.63) is 29.3 Å². The van der Waals surface area contributed by atoms with E-state index in [4.69, 9.17) is 5.11 Å². The smallest absolute Gasteiger partial charge is 0.0636 e. The van der Waals surface area contributed by atoms with Gasteiger partial charge in [-0.2, -0.15) is 0 Å². The Balaban J connectivity index is 2.35. The maximum atomic E-state index is 8.97. The number of para-hydroxylation sites is 1. The van der Waals surface area contributed by atoms with Gasteiger partial charge in [0.05, 0.1) is 12.6 Å². The molecule has 12 heavy (non-hydrogen) atoms. The van der Waals surface area contributed by atoms with Crippen LogP contribution in [-0.4, -0.2) is 17.8 Å². The Morgan fingerprint density at radius 1 is 1.58 bits per heavy atom. The molecule has 2 N–H and O–H groups in total. The van der Waals surface area contributed by atoms with Crippen LogP contribution in [0, 0.1) is 6.92 Å². The van der Waals surface area contributed by atoms with Crippen LogP contribution in [-0.2, 0) is 6.42 Å². The third kappa shape index (κ3) is 1.08. The third-order valence-electron chi connectivity index (χ3n) is 2.39. The van der Waals surface area contributed by atoms with Gasteiger partial charge >= 0.3 is 0 Å². The van der Waals surface area contributed by atoms with E-state index in [1.54, 1.807) is 0 Å². The molecule has 0 aromatic heterocycles. The van der Waals surface area contributed by atoms with Crippen molar-refractivity contribution < 1.29 is 5.11 Å². The molecule has 0 saturated carbocycles. The molecule has 1 aromatic rings. The molecule has 2 rings (SSSR count). The molecule has 1 heterocycles. The fourth-order valence-electron chi connectivity index (χ4n) is 1.74. The molecule has 0 saturated heterocycles. The van der Waals surface area contributed by atoms with Crippen LogP contribution in [0.25, 0.3) is 0 Å². The molecule has 0 radical (unpaired) electrons. The molecular formula is C10H13NO. The average Bonchev–Trinajstić information content (AvgIpc) is 2.49. The highest BCUT2D eigenvalue weighted by atomic mass is 16.3. The van der Waals surface area contributed by atoms with Gasteiger partial charge in [0, 0.05) is 5.69 Å². The van der Waals surface area contributed by atoms with Gasteiger partial charge in [-0.15, -0.1) is 0 Å². The van der Waals surface area contributed by atoms with E-state index in [1.807, 2.05) is 0 Å². The maximum Gasteiger partial charge on any atom is 0.0636 e. The number of nitrogens with one attached hydrogen (secondary N) is 1. The minimum Gasteiger partial charge on any atom is -0.394 e. The van der Waals surface area contributed by atoms with Crippen molar-refractivity contribution in [2.24, 2.45) is 0 Å². The highest BCUT2D eigenvalue weighted by Crippen LogP contribution is 2.28. The first-order valence-corrected chi connectivity index (χ1v) is 4.27. The van der Waals surface area contributed by atoms with Gasteiger partial charge in [0.1, 0.15) is 0 Å². The van der Waals surface area contributed by atoms with Gasteiger partial charge in [0.25, 0.3) is 0 Å². The molecule has 0 bridgehead atoms. The molecule has 0 spiro atoms. The van der Waals surface area contributed by atoms with E-state index < -0.39 is 0 Å². The fraction of sp³-hybridized carbons (Fsp3) is 0.400. The minimum atomic E-state index is 0.216. The highest BCUT2D eigenvalue weighted by molar-refractivity contribution is 5.61. The molecule has 1 aliphatic rings. The number of benzene rings is 1. The van der Waals surface area contributed by atoms with Crippen LogP contribution in [0.4, 0.5) is 5.69 Å². The predicted molar refractivity (Wildman–Crippen MR) is 49.4 cm³/mol.